The van der Waals surface area contributed by atoms with Crippen molar-refractivity contribution in [2.75, 3.05) is 45.7 Å². The van der Waals surface area contributed by atoms with Crippen molar-refractivity contribution in [3.63, 3.8) is 0 Å². The lowest BCUT2D eigenvalue weighted by molar-refractivity contribution is -0.261. The third-order valence-corrected chi connectivity index (χ3v) is 8.16. The molecule has 38 heavy (non-hydrogen) atoms. The van der Waals surface area contributed by atoms with E-state index in [1.807, 2.05) is 12.1 Å². The first-order valence-corrected chi connectivity index (χ1v) is 13.1. The second-order valence-corrected chi connectivity index (χ2v) is 11.0. The Kier molecular flexibility index (Phi) is 8.00. The molecule has 1 aliphatic carbocycles. The van der Waals surface area contributed by atoms with Crippen molar-refractivity contribution >= 4 is 29.1 Å². The number of anilines is 1. The van der Waals surface area contributed by atoms with Crippen LogP contribution < -0.4 is 4.90 Å². The minimum Gasteiger partial charge on any atom is -0.371 e. The smallest absolute Gasteiger partial charge is 0.371 e. The summed E-state index contributed by atoms with van der Waals surface area (Å²) in [5, 5.41) is 11.0. The number of carbonyl (C=O) groups excluding carboxylic acids is 2. The van der Waals surface area contributed by atoms with Crippen LogP contribution in [0.25, 0.3) is 0 Å². The van der Waals surface area contributed by atoms with Crippen molar-refractivity contribution in [2.24, 2.45) is 17.8 Å². The maximum absolute atomic E-state index is 13.9. The Labute approximate surface area is 226 Å². The van der Waals surface area contributed by atoms with Gasteiger partial charge in [0.1, 0.15) is 0 Å². The van der Waals surface area contributed by atoms with Crippen molar-refractivity contribution in [3.05, 3.63) is 64.7 Å². The zero-order chi connectivity index (χ0) is 27.8. The summed E-state index contributed by atoms with van der Waals surface area (Å²) in [5.41, 5.74) is -2.65. The van der Waals surface area contributed by atoms with E-state index in [0.717, 1.165) is 55.1 Å². The number of hydrogen-bond acceptors (Lipinski definition) is 4. The quantitative estimate of drug-likeness (QED) is 0.537. The summed E-state index contributed by atoms with van der Waals surface area (Å²) in [5.74, 6) is -0.641. The predicted molar refractivity (Wildman–Crippen MR) is 140 cm³/mol. The monoisotopic (exact) mass is 551 g/mol. The van der Waals surface area contributed by atoms with Crippen LogP contribution in [0.3, 0.4) is 0 Å². The number of benzene rings is 2. The average molecular weight is 552 g/mol. The number of piperidine rings is 1. The van der Waals surface area contributed by atoms with Gasteiger partial charge in [0.15, 0.2) is 0 Å². The van der Waals surface area contributed by atoms with Crippen LogP contribution in [0.4, 0.5) is 18.9 Å². The Morgan fingerprint density at radius 1 is 1.05 bits per heavy atom. The number of hydrogen-bond donors (Lipinski definition) is 1. The third-order valence-electron chi connectivity index (χ3n) is 7.84. The molecule has 3 atom stereocenters. The summed E-state index contributed by atoms with van der Waals surface area (Å²) in [7, 11) is 4.68. The van der Waals surface area contributed by atoms with Gasteiger partial charge in [0.05, 0.1) is 10.6 Å². The molecule has 2 aromatic carbocycles. The summed E-state index contributed by atoms with van der Waals surface area (Å²) in [6.07, 6.45) is -2.45. The fourth-order valence-electron chi connectivity index (χ4n) is 5.56. The second-order valence-electron chi connectivity index (χ2n) is 10.6. The van der Waals surface area contributed by atoms with Crippen LogP contribution in [0.15, 0.2) is 48.5 Å². The highest BCUT2D eigenvalue weighted by molar-refractivity contribution is 6.34. The van der Waals surface area contributed by atoms with Crippen LogP contribution in [0.1, 0.15) is 35.2 Å². The van der Waals surface area contributed by atoms with Crippen molar-refractivity contribution in [3.8, 4) is 0 Å². The van der Waals surface area contributed by atoms with Gasteiger partial charge >= 0.3 is 6.18 Å². The molecular formula is C28H33ClF3N3O3. The zero-order valence-electron chi connectivity index (χ0n) is 21.7. The molecule has 0 spiro atoms. The van der Waals surface area contributed by atoms with E-state index in [0.29, 0.717) is 22.4 Å². The van der Waals surface area contributed by atoms with Gasteiger partial charge in [-0.05, 0) is 55.2 Å². The Morgan fingerprint density at radius 3 is 2.24 bits per heavy atom. The molecule has 1 saturated heterocycles. The molecule has 10 heteroatoms. The zero-order valence-corrected chi connectivity index (χ0v) is 22.5. The fraction of sp³-hybridized carbons (Fsp3) is 0.500. The molecule has 2 amide bonds. The van der Waals surface area contributed by atoms with Crippen molar-refractivity contribution in [1.29, 1.82) is 0 Å². The number of likely N-dealkylation sites (N-methyl/N-ethyl adjacent to an activating group) is 1. The Morgan fingerprint density at radius 2 is 1.68 bits per heavy atom. The highest BCUT2D eigenvalue weighted by Crippen LogP contribution is 2.49. The molecule has 0 bridgehead atoms. The normalized spacial score (nSPS) is 21.5. The maximum atomic E-state index is 13.9. The molecule has 1 aliphatic heterocycles. The lowest BCUT2D eigenvalue weighted by Crippen LogP contribution is -2.55. The summed E-state index contributed by atoms with van der Waals surface area (Å²) in [6, 6.07) is 12.0. The van der Waals surface area contributed by atoms with Crippen LogP contribution in [0.5, 0.6) is 0 Å². The summed E-state index contributed by atoms with van der Waals surface area (Å²) in [6.45, 7) is 1.79. The minimum absolute atomic E-state index is 0.111. The van der Waals surface area contributed by atoms with Crippen molar-refractivity contribution in [1.82, 2.24) is 9.80 Å². The molecule has 1 heterocycles. The molecule has 1 N–H and O–H groups in total. The van der Waals surface area contributed by atoms with Crippen molar-refractivity contribution < 1.29 is 27.9 Å². The summed E-state index contributed by atoms with van der Waals surface area (Å²) < 4.78 is 41.7. The standard InChI is InChI=1S/C28H33ClF3N3O3/c1-33(2)25(36)22-10-9-21(16-24(22)29)35-13-11-18(12-14-35)23-15-19(23)17-34(3)26(37)27(38,28(30,31)32)20-7-5-4-6-8-20/h4-10,16,18-19,23,38H,11-15,17H2,1-3H3/t19-,23-,27-/m0/s1. The molecule has 1 saturated carbocycles. The van der Waals surface area contributed by atoms with E-state index in [1.54, 1.807) is 20.2 Å². The van der Waals surface area contributed by atoms with Gasteiger partial charge in [0.2, 0.25) is 0 Å². The molecule has 2 aromatic rings. The molecule has 206 valence electrons. The number of halogens is 4. The largest absolute Gasteiger partial charge is 0.430 e. The fourth-order valence-corrected chi connectivity index (χ4v) is 5.81. The van der Waals surface area contributed by atoms with Gasteiger partial charge in [-0.2, -0.15) is 13.2 Å². The molecule has 2 fully saturated rings. The molecular weight excluding hydrogens is 519 g/mol. The van der Waals surface area contributed by atoms with Gasteiger partial charge in [-0.25, -0.2) is 0 Å². The number of amides is 2. The van der Waals surface area contributed by atoms with E-state index in [9.17, 15) is 27.9 Å². The number of aliphatic hydroxyl groups is 1. The topological polar surface area (TPSA) is 64.1 Å². The number of carbonyl (C=O) groups is 2. The van der Waals surface area contributed by atoms with E-state index in [1.165, 1.54) is 30.1 Å². The molecule has 0 radical (unpaired) electrons. The lowest BCUT2D eigenvalue weighted by Gasteiger charge is -2.35. The van der Waals surface area contributed by atoms with Crippen LogP contribution in [-0.2, 0) is 10.4 Å². The SMILES string of the molecule is CN(C)C(=O)c1ccc(N2CCC([C@@H]3C[C@H]3CN(C)C(=O)[C@@](O)(c3ccccc3)C(F)(F)F)CC2)cc1Cl. The van der Waals surface area contributed by atoms with Gasteiger partial charge in [0.25, 0.3) is 17.4 Å². The van der Waals surface area contributed by atoms with E-state index in [2.05, 4.69) is 4.90 Å². The van der Waals surface area contributed by atoms with Crippen LogP contribution in [0, 0.1) is 17.8 Å². The van der Waals surface area contributed by atoms with Gasteiger partial charge < -0.3 is 19.8 Å². The third kappa shape index (κ3) is 5.50. The summed E-state index contributed by atoms with van der Waals surface area (Å²) in [4.78, 5) is 29.9. The number of rotatable bonds is 7. The average Bonchev–Trinajstić information content (AvgIpc) is 3.66. The Bertz CT molecular complexity index is 1170. The van der Waals surface area contributed by atoms with Gasteiger partial charge in [-0.1, -0.05) is 41.9 Å². The van der Waals surface area contributed by atoms with Gasteiger partial charge in [-0.3, -0.25) is 9.59 Å². The minimum atomic E-state index is -5.14. The first kappa shape index (κ1) is 28.2. The molecule has 4 rings (SSSR count). The summed E-state index contributed by atoms with van der Waals surface area (Å²) >= 11 is 6.37. The Balaban J connectivity index is 1.33. The number of alkyl halides is 3. The van der Waals surface area contributed by atoms with E-state index in [-0.39, 0.29) is 18.4 Å². The first-order chi connectivity index (χ1) is 17.8. The van der Waals surface area contributed by atoms with Crippen molar-refractivity contribution in [2.45, 2.75) is 31.0 Å². The number of nitrogens with zero attached hydrogens (tertiary/aromatic N) is 3. The van der Waals surface area contributed by atoms with Gasteiger partial charge in [0, 0.05) is 52.0 Å². The maximum Gasteiger partial charge on any atom is 0.430 e. The first-order valence-electron chi connectivity index (χ1n) is 12.7. The molecule has 2 aliphatic rings. The van der Waals surface area contributed by atoms with Gasteiger partial charge in [-0.15, -0.1) is 0 Å². The highest BCUT2D eigenvalue weighted by atomic mass is 35.5. The second kappa shape index (κ2) is 10.8. The molecule has 6 nitrogen and oxygen atoms in total. The van der Waals surface area contributed by atoms with Crippen LogP contribution in [-0.4, -0.2) is 73.7 Å². The molecule has 0 unspecified atom stereocenters. The van der Waals surface area contributed by atoms with E-state index >= 15 is 0 Å². The molecule has 0 aromatic heterocycles. The van der Waals surface area contributed by atoms with Crippen LogP contribution in [0.2, 0.25) is 5.02 Å². The van der Waals surface area contributed by atoms with E-state index in [4.69, 9.17) is 11.6 Å². The lowest BCUT2D eigenvalue weighted by atomic mass is 9.90. The van der Waals surface area contributed by atoms with E-state index < -0.39 is 23.2 Å². The highest BCUT2D eigenvalue weighted by Gasteiger charge is 2.62. The predicted octanol–water partition coefficient (Wildman–Crippen LogP) is 4.80. The Hall–Kier alpha value is -2.78. The van der Waals surface area contributed by atoms with Crippen LogP contribution >= 0.6 is 11.6 Å².